The molecule has 0 atom stereocenters. The lowest BCUT2D eigenvalue weighted by Crippen LogP contribution is -2.14. The molecule has 0 bridgehead atoms. The number of nitrogens with one attached hydrogen (secondary N) is 1. The minimum Gasteiger partial charge on any atom is -0.462 e. The van der Waals surface area contributed by atoms with E-state index in [9.17, 15) is 14.0 Å². The summed E-state index contributed by atoms with van der Waals surface area (Å²) in [5.41, 5.74) is 2.81. The van der Waals surface area contributed by atoms with Gasteiger partial charge in [-0.05, 0) is 61.7 Å². The van der Waals surface area contributed by atoms with Crippen molar-refractivity contribution in [2.24, 2.45) is 0 Å². The van der Waals surface area contributed by atoms with E-state index in [0.717, 1.165) is 11.1 Å². The Morgan fingerprint density at radius 3 is 2.46 bits per heavy atom. The molecule has 0 aliphatic heterocycles. The number of rotatable bonds is 6. The average molecular weight is 329 g/mol. The monoisotopic (exact) mass is 329 g/mol. The molecule has 0 heterocycles. The normalized spacial score (nSPS) is 10.3. The third kappa shape index (κ3) is 4.91. The predicted octanol–water partition coefficient (Wildman–Crippen LogP) is 3.88. The number of benzene rings is 2. The Hall–Kier alpha value is -2.69. The van der Waals surface area contributed by atoms with Gasteiger partial charge in [-0.2, -0.15) is 0 Å². The Morgan fingerprint density at radius 1 is 1.12 bits per heavy atom. The Kier molecular flexibility index (Phi) is 6.07. The van der Waals surface area contributed by atoms with Crippen LogP contribution in [0.2, 0.25) is 0 Å². The number of anilines is 1. The second kappa shape index (κ2) is 8.24. The summed E-state index contributed by atoms with van der Waals surface area (Å²) in [4.78, 5) is 23.7. The molecule has 126 valence electrons. The molecule has 0 saturated carbocycles. The van der Waals surface area contributed by atoms with E-state index in [-0.39, 0.29) is 17.7 Å². The molecule has 0 fully saturated rings. The molecular weight excluding hydrogens is 309 g/mol. The minimum absolute atomic E-state index is 0.133. The molecule has 2 aromatic rings. The third-order valence-corrected chi connectivity index (χ3v) is 3.57. The van der Waals surface area contributed by atoms with Gasteiger partial charge in [0.25, 0.3) is 0 Å². The summed E-state index contributed by atoms with van der Waals surface area (Å²) < 4.78 is 17.8. The van der Waals surface area contributed by atoms with Crippen molar-refractivity contribution in [1.29, 1.82) is 0 Å². The fourth-order valence-corrected chi connectivity index (χ4v) is 2.27. The number of ether oxygens (including phenoxy) is 1. The van der Waals surface area contributed by atoms with E-state index in [1.807, 2.05) is 6.92 Å². The van der Waals surface area contributed by atoms with Gasteiger partial charge < -0.3 is 10.1 Å². The average Bonchev–Trinajstić information content (AvgIpc) is 2.56. The van der Waals surface area contributed by atoms with E-state index in [0.29, 0.717) is 30.7 Å². The largest absolute Gasteiger partial charge is 0.462 e. The standard InChI is InChI=1S/C19H20FNO3/c1-3-24-19(23)15-7-10-17(13(2)12-15)21-18(22)11-6-14-4-8-16(20)9-5-14/h4-5,7-10,12H,3,6,11H2,1-2H3,(H,21,22). The smallest absolute Gasteiger partial charge is 0.338 e. The van der Waals surface area contributed by atoms with Crippen LogP contribution < -0.4 is 5.32 Å². The van der Waals surface area contributed by atoms with Crippen LogP contribution in [0.5, 0.6) is 0 Å². The van der Waals surface area contributed by atoms with Crippen LogP contribution in [0.4, 0.5) is 10.1 Å². The molecule has 4 nitrogen and oxygen atoms in total. The van der Waals surface area contributed by atoms with Gasteiger partial charge in [0, 0.05) is 12.1 Å². The first-order valence-corrected chi connectivity index (χ1v) is 7.81. The molecule has 0 aromatic heterocycles. The van der Waals surface area contributed by atoms with Crippen molar-refractivity contribution in [3.8, 4) is 0 Å². The summed E-state index contributed by atoms with van der Waals surface area (Å²) in [6.45, 7) is 3.89. The Balaban J connectivity index is 1.93. The molecule has 2 rings (SSSR count). The van der Waals surface area contributed by atoms with E-state index in [4.69, 9.17) is 4.74 Å². The van der Waals surface area contributed by atoms with Crippen LogP contribution >= 0.6 is 0 Å². The zero-order valence-electron chi connectivity index (χ0n) is 13.8. The van der Waals surface area contributed by atoms with Gasteiger partial charge in [0.2, 0.25) is 5.91 Å². The van der Waals surface area contributed by atoms with Crippen LogP contribution in [-0.2, 0) is 16.0 Å². The number of carbonyl (C=O) groups is 2. The third-order valence-electron chi connectivity index (χ3n) is 3.57. The van der Waals surface area contributed by atoms with Gasteiger partial charge in [-0.3, -0.25) is 4.79 Å². The highest BCUT2D eigenvalue weighted by Crippen LogP contribution is 2.18. The zero-order valence-corrected chi connectivity index (χ0v) is 13.8. The summed E-state index contributed by atoms with van der Waals surface area (Å²) in [5, 5.41) is 2.82. The Morgan fingerprint density at radius 2 is 1.83 bits per heavy atom. The predicted molar refractivity (Wildman–Crippen MR) is 90.5 cm³/mol. The van der Waals surface area contributed by atoms with Gasteiger partial charge in [-0.25, -0.2) is 9.18 Å². The van der Waals surface area contributed by atoms with Crippen LogP contribution in [0.25, 0.3) is 0 Å². The maximum Gasteiger partial charge on any atom is 0.338 e. The van der Waals surface area contributed by atoms with Crippen molar-refractivity contribution >= 4 is 17.6 Å². The van der Waals surface area contributed by atoms with Gasteiger partial charge in [0.1, 0.15) is 5.82 Å². The van der Waals surface area contributed by atoms with Gasteiger partial charge in [-0.15, -0.1) is 0 Å². The van der Waals surface area contributed by atoms with E-state index < -0.39 is 0 Å². The topological polar surface area (TPSA) is 55.4 Å². The molecule has 1 N–H and O–H groups in total. The summed E-state index contributed by atoms with van der Waals surface area (Å²) in [6, 6.07) is 11.1. The summed E-state index contributed by atoms with van der Waals surface area (Å²) in [5.74, 6) is -0.804. The molecule has 0 saturated heterocycles. The molecule has 24 heavy (non-hydrogen) atoms. The summed E-state index contributed by atoms with van der Waals surface area (Å²) in [7, 11) is 0. The maximum atomic E-state index is 12.8. The van der Waals surface area contributed by atoms with Gasteiger partial charge in [-0.1, -0.05) is 12.1 Å². The SMILES string of the molecule is CCOC(=O)c1ccc(NC(=O)CCc2ccc(F)cc2)c(C)c1. The highest BCUT2D eigenvalue weighted by Gasteiger charge is 2.10. The number of hydrogen-bond donors (Lipinski definition) is 1. The van der Waals surface area contributed by atoms with E-state index >= 15 is 0 Å². The van der Waals surface area contributed by atoms with Crippen LogP contribution in [0.15, 0.2) is 42.5 Å². The number of aryl methyl sites for hydroxylation is 2. The highest BCUT2D eigenvalue weighted by atomic mass is 19.1. The number of hydrogen-bond acceptors (Lipinski definition) is 3. The van der Waals surface area contributed by atoms with Crippen molar-refractivity contribution in [2.45, 2.75) is 26.7 Å². The van der Waals surface area contributed by atoms with Gasteiger partial charge >= 0.3 is 5.97 Å². The van der Waals surface area contributed by atoms with Crippen molar-refractivity contribution in [2.75, 3.05) is 11.9 Å². The van der Waals surface area contributed by atoms with Crippen LogP contribution in [0.1, 0.15) is 34.8 Å². The first-order chi connectivity index (χ1) is 11.5. The van der Waals surface area contributed by atoms with Crippen LogP contribution in [-0.4, -0.2) is 18.5 Å². The van der Waals surface area contributed by atoms with Gasteiger partial charge in [0.05, 0.1) is 12.2 Å². The lowest BCUT2D eigenvalue weighted by atomic mass is 10.1. The zero-order chi connectivity index (χ0) is 17.5. The first-order valence-electron chi connectivity index (χ1n) is 7.81. The second-order valence-electron chi connectivity index (χ2n) is 5.42. The number of amides is 1. The number of halogens is 1. The molecule has 5 heteroatoms. The fraction of sp³-hybridized carbons (Fsp3) is 0.263. The van der Waals surface area contributed by atoms with Gasteiger partial charge in [0.15, 0.2) is 0 Å². The van der Waals surface area contributed by atoms with E-state index in [2.05, 4.69) is 5.32 Å². The van der Waals surface area contributed by atoms with Crippen molar-refractivity contribution in [1.82, 2.24) is 0 Å². The highest BCUT2D eigenvalue weighted by molar-refractivity contribution is 5.94. The van der Waals surface area contributed by atoms with Crippen LogP contribution in [0, 0.1) is 12.7 Å². The van der Waals surface area contributed by atoms with Crippen LogP contribution in [0.3, 0.4) is 0 Å². The molecule has 0 unspecified atom stereocenters. The second-order valence-corrected chi connectivity index (χ2v) is 5.42. The lowest BCUT2D eigenvalue weighted by Gasteiger charge is -2.10. The minimum atomic E-state index is -0.380. The van der Waals surface area contributed by atoms with E-state index in [1.54, 1.807) is 37.3 Å². The molecular formula is C19H20FNO3. The Labute approximate surface area is 140 Å². The summed E-state index contributed by atoms with van der Waals surface area (Å²) in [6.07, 6.45) is 0.830. The lowest BCUT2D eigenvalue weighted by molar-refractivity contribution is -0.116. The quantitative estimate of drug-likeness (QED) is 0.818. The molecule has 0 radical (unpaired) electrons. The van der Waals surface area contributed by atoms with Crippen molar-refractivity contribution in [3.63, 3.8) is 0 Å². The summed E-state index contributed by atoms with van der Waals surface area (Å²) >= 11 is 0. The molecule has 0 spiro atoms. The van der Waals surface area contributed by atoms with Crippen molar-refractivity contribution < 1.29 is 18.7 Å². The number of esters is 1. The van der Waals surface area contributed by atoms with E-state index in [1.165, 1.54) is 12.1 Å². The number of carbonyl (C=O) groups excluding carboxylic acids is 2. The molecule has 0 aliphatic rings. The molecule has 2 aromatic carbocycles. The maximum absolute atomic E-state index is 12.8. The Bertz CT molecular complexity index is 726. The fourth-order valence-electron chi connectivity index (χ4n) is 2.27. The molecule has 0 aliphatic carbocycles. The van der Waals surface area contributed by atoms with Crippen molar-refractivity contribution in [3.05, 3.63) is 65.0 Å². The molecule has 1 amide bonds. The first kappa shape index (κ1) is 17.7.